The number of hydrogen-bond donors (Lipinski definition) is 4. The molecule has 0 bridgehead atoms. The molecule has 0 unspecified atom stereocenters. The molecule has 0 spiro atoms. The van der Waals surface area contributed by atoms with Crippen molar-refractivity contribution in [3.05, 3.63) is 0 Å². The Morgan fingerprint density at radius 3 is 0.615 bits per heavy atom. The Balaban J connectivity index is -0.000000143. The van der Waals surface area contributed by atoms with E-state index in [1.807, 2.05) is 0 Å². The van der Waals surface area contributed by atoms with Gasteiger partial charge in [-0.05, 0) is 0 Å². The molecule has 4 N–H and O–H groups in total. The highest BCUT2D eigenvalue weighted by molar-refractivity contribution is 6.27. The van der Waals surface area contributed by atoms with E-state index in [-0.39, 0.29) is 7.43 Å². The van der Waals surface area contributed by atoms with Gasteiger partial charge in [0.15, 0.2) is 0 Å². The number of carboxylic acids is 4. The van der Waals surface area contributed by atoms with Gasteiger partial charge in [-0.2, -0.15) is 0 Å². The Bertz CT molecular complexity index is 169. The fraction of sp³-hybridized carbons (Fsp3) is 0.200. The molecule has 0 saturated carbocycles. The van der Waals surface area contributed by atoms with Crippen molar-refractivity contribution in [3.63, 3.8) is 0 Å². The van der Waals surface area contributed by atoms with Crippen LogP contribution in [0.5, 0.6) is 0 Å². The van der Waals surface area contributed by atoms with Gasteiger partial charge in [0.2, 0.25) is 0 Å². The Morgan fingerprint density at radius 2 is 0.615 bits per heavy atom. The van der Waals surface area contributed by atoms with Crippen LogP contribution in [0.3, 0.4) is 0 Å². The molecule has 8 nitrogen and oxygen atoms in total. The van der Waals surface area contributed by atoms with Gasteiger partial charge in [-0.3, -0.25) is 0 Å². The van der Waals surface area contributed by atoms with Crippen LogP contribution in [0.25, 0.3) is 0 Å². The van der Waals surface area contributed by atoms with Crippen LogP contribution >= 0.6 is 0 Å². The molecule has 0 radical (unpaired) electrons. The highest BCUT2D eigenvalue weighted by Crippen LogP contribution is 1.56. The maximum atomic E-state index is 9.10. The molecule has 0 aromatic rings. The third-order valence-corrected chi connectivity index (χ3v) is 0.366. The van der Waals surface area contributed by atoms with Gasteiger partial charge in [0.1, 0.15) is 0 Å². The quantitative estimate of drug-likeness (QED) is 0.358. The Hall–Kier alpha value is -2.12. The molecule has 8 heteroatoms. The predicted octanol–water partition coefficient (Wildman–Crippen LogP) is -1.05. The van der Waals surface area contributed by atoms with E-state index in [0.717, 1.165) is 0 Å². The Labute approximate surface area is 72.0 Å². The second kappa shape index (κ2) is 7.98. The normalized spacial score (nSPS) is 6.77. The molecule has 76 valence electrons. The lowest BCUT2D eigenvalue weighted by atomic mass is 10.7. The van der Waals surface area contributed by atoms with Crippen LogP contribution in [0.1, 0.15) is 7.43 Å². The van der Waals surface area contributed by atoms with Crippen molar-refractivity contribution >= 4 is 23.9 Å². The fourth-order valence-electron chi connectivity index (χ4n) is 0. The van der Waals surface area contributed by atoms with Gasteiger partial charge in [0.05, 0.1) is 0 Å². The molecule has 0 aromatic carbocycles. The lowest BCUT2D eigenvalue weighted by molar-refractivity contribution is -0.159. The van der Waals surface area contributed by atoms with E-state index < -0.39 is 23.9 Å². The van der Waals surface area contributed by atoms with Gasteiger partial charge in [0, 0.05) is 0 Å². The summed E-state index contributed by atoms with van der Waals surface area (Å²) in [6, 6.07) is 0. The first-order chi connectivity index (χ1) is 5.29. The van der Waals surface area contributed by atoms with Crippen molar-refractivity contribution < 1.29 is 39.6 Å². The molecular weight excluding hydrogens is 188 g/mol. The summed E-state index contributed by atoms with van der Waals surface area (Å²) >= 11 is 0. The smallest absolute Gasteiger partial charge is 0.414 e. The predicted molar refractivity (Wildman–Crippen MR) is 37.3 cm³/mol. The van der Waals surface area contributed by atoms with Crippen LogP contribution < -0.4 is 0 Å². The highest BCUT2D eigenvalue weighted by Gasteiger charge is 2.04. The van der Waals surface area contributed by atoms with E-state index in [1.165, 1.54) is 0 Å². The van der Waals surface area contributed by atoms with Crippen LogP contribution in [0.15, 0.2) is 0 Å². The molecule has 0 amide bonds. The first-order valence-electron chi connectivity index (χ1n) is 2.21. The average Bonchev–Trinajstić information content (AvgIpc) is 1.88. The van der Waals surface area contributed by atoms with Crippen LogP contribution in [0, 0.1) is 0 Å². The summed E-state index contributed by atoms with van der Waals surface area (Å²) in [5, 5.41) is 29.6. The molecule has 0 fully saturated rings. The molecule has 0 rings (SSSR count). The standard InChI is InChI=1S/2C2H2O4.CH4/c2*3-1(4)2(5)6;/h2*(H,3,4)(H,5,6);1H4. The summed E-state index contributed by atoms with van der Waals surface area (Å²) in [5.74, 6) is -7.30. The topological polar surface area (TPSA) is 149 Å². The fourth-order valence-corrected chi connectivity index (χ4v) is 0. The van der Waals surface area contributed by atoms with Crippen LogP contribution in [0.2, 0.25) is 0 Å². The SMILES string of the molecule is C.O=C(O)C(=O)O.O=C(O)C(=O)O. The summed E-state index contributed by atoms with van der Waals surface area (Å²) in [5.41, 5.74) is 0. The molecule has 0 atom stereocenters. The Morgan fingerprint density at radius 1 is 0.538 bits per heavy atom. The van der Waals surface area contributed by atoms with E-state index >= 15 is 0 Å². The van der Waals surface area contributed by atoms with Gasteiger partial charge in [0.25, 0.3) is 0 Å². The summed E-state index contributed by atoms with van der Waals surface area (Å²) in [6.45, 7) is 0. The molecule has 0 saturated heterocycles. The first kappa shape index (κ1) is 17.1. The molecule has 0 aliphatic heterocycles. The van der Waals surface area contributed by atoms with Crippen molar-refractivity contribution in [1.29, 1.82) is 0 Å². The third-order valence-electron chi connectivity index (χ3n) is 0.366. The maximum absolute atomic E-state index is 9.10. The molecular formula is C5H8O8. The van der Waals surface area contributed by atoms with Crippen molar-refractivity contribution in [1.82, 2.24) is 0 Å². The number of rotatable bonds is 0. The summed E-state index contributed by atoms with van der Waals surface area (Å²) in [6.07, 6.45) is 0. The first-order valence-corrected chi connectivity index (χ1v) is 2.21. The third kappa shape index (κ3) is 17.7. The molecule has 0 aromatic heterocycles. The molecule has 0 heterocycles. The zero-order chi connectivity index (χ0) is 10.3. The average molecular weight is 196 g/mol. The van der Waals surface area contributed by atoms with E-state index in [1.54, 1.807) is 0 Å². The zero-order valence-corrected chi connectivity index (χ0v) is 5.42. The second-order valence-corrected chi connectivity index (χ2v) is 1.22. The number of hydrogen-bond acceptors (Lipinski definition) is 4. The Kier molecular flexibility index (Phi) is 10.5. The van der Waals surface area contributed by atoms with Gasteiger partial charge < -0.3 is 20.4 Å². The summed E-state index contributed by atoms with van der Waals surface area (Å²) in [7, 11) is 0. The van der Waals surface area contributed by atoms with Gasteiger partial charge in [-0.25, -0.2) is 19.2 Å². The van der Waals surface area contributed by atoms with Crippen molar-refractivity contribution in [2.75, 3.05) is 0 Å². The lowest BCUT2D eigenvalue weighted by Crippen LogP contribution is -2.09. The van der Waals surface area contributed by atoms with E-state index in [0.29, 0.717) is 0 Å². The van der Waals surface area contributed by atoms with E-state index in [9.17, 15) is 0 Å². The lowest BCUT2D eigenvalue weighted by Gasteiger charge is -1.72. The molecule has 0 aliphatic carbocycles. The van der Waals surface area contributed by atoms with Crippen LogP contribution in [0.4, 0.5) is 0 Å². The zero-order valence-electron chi connectivity index (χ0n) is 5.42. The van der Waals surface area contributed by atoms with Crippen LogP contribution in [-0.2, 0) is 19.2 Å². The minimum Gasteiger partial charge on any atom is -0.473 e. The van der Waals surface area contributed by atoms with Gasteiger partial charge in [-0.15, -0.1) is 0 Å². The number of aliphatic carboxylic acids is 4. The summed E-state index contributed by atoms with van der Waals surface area (Å²) in [4.78, 5) is 36.4. The maximum Gasteiger partial charge on any atom is 0.414 e. The largest absolute Gasteiger partial charge is 0.473 e. The number of carboxylic acid groups (broad SMARTS) is 4. The van der Waals surface area contributed by atoms with Crippen molar-refractivity contribution in [2.24, 2.45) is 0 Å². The minimum absolute atomic E-state index is 0. The minimum atomic E-state index is -1.82. The summed E-state index contributed by atoms with van der Waals surface area (Å²) < 4.78 is 0. The highest BCUT2D eigenvalue weighted by atomic mass is 16.4. The van der Waals surface area contributed by atoms with E-state index in [2.05, 4.69) is 0 Å². The van der Waals surface area contributed by atoms with Crippen molar-refractivity contribution in [3.8, 4) is 0 Å². The van der Waals surface area contributed by atoms with Crippen LogP contribution in [-0.4, -0.2) is 44.3 Å². The second-order valence-electron chi connectivity index (χ2n) is 1.22. The van der Waals surface area contributed by atoms with Gasteiger partial charge in [-0.1, -0.05) is 7.43 Å². The monoisotopic (exact) mass is 196 g/mol. The van der Waals surface area contributed by atoms with Gasteiger partial charge >= 0.3 is 23.9 Å². The number of carbonyl (C=O) groups is 4. The van der Waals surface area contributed by atoms with E-state index in [4.69, 9.17) is 39.6 Å². The molecule has 13 heavy (non-hydrogen) atoms. The molecule has 0 aliphatic rings. The van der Waals surface area contributed by atoms with Crippen molar-refractivity contribution in [2.45, 2.75) is 7.43 Å².